The maximum absolute atomic E-state index is 12.2. The van der Waals surface area contributed by atoms with Gasteiger partial charge < -0.3 is 17.5 Å². The Labute approximate surface area is 292 Å². The van der Waals surface area contributed by atoms with Crippen molar-refractivity contribution in [1.82, 2.24) is 4.98 Å². The van der Waals surface area contributed by atoms with Crippen LogP contribution in [-0.4, -0.2) is 15.9 Å². The van der Waals surface area contributed by atoms with Gasteiger partial charge in [-0.25, -0.2) is 0 Å². The molecule has 4 aromatic rings. The largest absolute Gasteiger partial charge is 0.512 e. The second-order valence-electron chi connectivity index (χ2n) is 14.2. The maximum atomic E-state index is 12.2. The number of allylic oxidation sites excluding steroid dienone is 2. The summed E-state index contributed by atoms with van der Waals surface area (Å²) < 4.78 is 0. The van der Waals surface area contributed by atoms with Crippen LogP contribution in [0.2, 0.25) is 0 Å². The van der Waals surface area contributed by atoms with Gasteiger partial charge in [-0.2, -0.15) is 0 Å². The minimum atomic E-state index is -0.337. The molecule has 0 aliphatic heterocycles. The van der Waals surface area contributed by atoms with Crippen LogP contribution in [0.4, 0.5) is 0 Å². The number of benzene rings is 3. The fourth-order valence-electron chi connectivity index (χ4n) is 6.51. The van der Waals surface area contributed by atoms with Crippen molar-refractivity contribution in [2.75, 3.05) is 0 Å². The van der Waals surface area contributed by atoms with Crippen LogP contribution in [0, 0.1) is 30.2 Å². The number of pyridine rings is 1. The normalized spacial score (nSPS) is 13.8. The molecule has 0 saturated carbocycles. The molecule has 1 heterocycles. The van der Waals surface area contributed by atoms with Crippen molar-refractivity contribution in [2.45, 2.75) is 107 Å². The zero-order chi connectivity index (χ0) is 32.4. The van der Waals surface area contributed by atoms with Gasteiger partial charge in [-0.3, -0.25) is 4.79 Å². The van der Waals surface area contributed by atoms with Gasteiger partial charge in [-0.1, -0.05) is 116 Å². The quantitative estimate of drug-likeness (QED) is 0.104. The number of nitrogens with zero attached hydrogens (tertiary/aromatic N) is 1. The van der Waals surface area contributed by atoms with E-state index in [2.05, 4.69) is 82.3 Å². The molecular formula is C42H55IrNO2-2. The molecule has 251 valence electrons. The summed E-state index contributed by atoms with van der Waals surface area (Å²) in [5, 5.41) is 15.3. The molecule has 0 atom stereocenters. The fourth-order valence-corrected chi connectivity index (χ4v) is 6.51. The van der Waals surface area contributed by atoms with Gasteiger partial charge in [-0.05, 0) is 77.1 Å². The van der Waals surface area contributed by atoms with Gasteiger partial charge in [0.2, 0.25) is 0 Å². The summed E-state index contributed by atoms with van der Waals surface area (Å²) in [5.74, 6) is 0.929. The summed E-state index contributed by atoms with van der Waals surface area (Å²) in [6.45, 7) is 21.4. The van der Waals surface area contributed by atoms with Crippen LogP contribution in [0.3, 0.4) is 0 Å². The molecule has 4 heteroatoms. The Morgan fingerprint density at radius 1 is 0.957 bits per heavy atom. The first kappa shape index (κ1) is 39.4. The van der Waals surface area contributed by atoms with E-state index in [1.807, 2.05) is 47.7 Å². The Kier molecular flexibility index (Phi) is 13.2. The van der Waals surface area contributed by atoms with Crippen molar-refractivity contribution in [3.63, 3.8) is 0 Å². The van der Waals surface area contributed by atoms with Gasteiger partial charge in [0.25, 0.3) is 0 Å². The second kappa shape index (κ2) is 15.4. The summed E-state index contributed by atoms with van der Waals surface area (Å²) in [6.07, 6.45) is 7.81. The standard InChI is InChI=1S/C26H24N.C15H28O2.CH3.Ir/c1-16(2)13-17-14-19-11-12-27-25-21-10-9-18-7-5-6-8-20(18)24(21)26(3,4)22(15-17)23(19)25;1-7-14(5,8-2)12(16)11-13(17)15(6,9-3)10-4;;/h5-9,11-12,14-16H,13H2,1-4H3;11,16H,7-10H2,1-6H3;1H3;/q-1;;-1;/b;12-11-;;. The zero-order valence-electron chi connectivity index (χ0n) is 30.0. The number of aliphatic hydroxyl groups excluding tert-OH is 1. The van der Waals surface area contributed by atoms with Crippen LogP contribution >= 0.6 is 0 Å². The topological polar surface area (TPSA) is 50.2 Å². The Balaban J connectivity index is 0.000000342. The predicted molar refractivity (Wildman–Crippen MR) is 194 cm³/mol. The third-order valence-electron chi connectivity index (χ3n) is 10.6. The van der Waals surface area contributed by atoms with Crippen LogP contribution in [0.15, 0.2) is 66.6 Å². The average molecular weight is 798 g/mol. The van der Waals surface area contributed by atoms with Crippen molar-refractivity contribution in [1.29, 1.82) is 0 Å². The number of hydrogen-bond acceptors (Lipinski definition) is 3. The van der Waals surface area contributed by atoms with Gasteiger partial charge in [0.05, 0.1) is 0 Å². The first-order valence-corrected chi connectivity index (χ1v) is 16.6. The van der Waals surface area contributed by atoms with E-state index in [1.54, 1.807) is 0 Å². The van der Waals surface area contributed by atoms with Gasteiger partial charge in [-0.15, -0.1) is 23.3 Å². The minimum absolute atomic E-state index is 0. The third kappa shape index (κ3) is 7.34. The Bertz CT molecular complexity index is 1690. The molecule has 0 saturated heterocycles. The van der Waals surface area contributed by atoms with E-state index in [4.69, 9.17) is 4.98 Å². The number of carbonyl (C=O) groups is 1. The first-order valence-electron chi connectivity index (χ1n) is 16.6. The van der Waals surface area contributed by atoms with Gasteiger partial charge in [0.1, 0.15) is 5.76 Å². The molecule has 0 unspecified atom stereocenters. The minimum Gasteiger partial charge on any atom is -0.512 e. The molecule has 3 aromatic carbocycles. The van der Waals surface area contributed by atoms with Crippen LogP contribution in [0.5, 0.6) is 0 Å². The van der Waals surface area contributed by atoms with E-state index >= 15 is 0 Å². The van der Waals surface area contributed by atoms with Crippen LogP contribution < -0.4 is 0 Å². The number of fused-ring (bicyclic) bond motifs is 4. The summed E-state index contributed by atoms with van der Waals surface area (Å²) in [6, 6.07) is 21.3. The summed E-state index contributed by atoms with van der Waals surface area (Å²) >= 11 is 0. The van der Waals surface area contributed by atoms with Crippen LogP contribution in [0.25, 0.3) is 32.8 Å². The van der Waals surface area contributed by atoms with Crippen LogP contribution in [-0.2, 0) is 36.7 Å². The molecule has 1 N–H and O–H groups in total. The summed E-state index contributed by atoms with van der Waals surface area (Å²) in [4.78, 5) is 17.0. The van der Waals surface area contributed by atoms with E-state index in [-0.39, 0.29) is 55.3 Å². The molecule has 0 bridgehead atoms. The number of rotatable bonds is 9. The summed E-state index contributed by atoms with van der Waals surface area (Å²) in [5.41, 5.74) is 5.73. The number of aliphatic hydroxyl groups is 1. The molecule has 0 spiro atoms. The first-order chi connectivity index (χ1) is 20.8. The number of aromatic nitrogens is 1. The fraction of sp³-hybridized carbons (Fsp3) is 0.452. The molecule has 1 aliphatic carbocycles. The average Bonchev–Trinajstić information content (AvgIpc) is 3.02. The van der Waals surface area contributed by atoms with E-state index in [1.165, 1.54) is 44.3 Å². The molecular weight excluding hydrogens is 743 g/mol. The van der Waals surface area contributed by atoms with Crippen molar-refractivity contribution in [3.05, 3.63) is 96.7 Å². The predicted octanol–water partition coefficient (Wildman–Crippen LogP) is 11.8. The Morgan fingerprint density at radius 2 is 1.57 bits per heavy atom. The van der Waals surface area contributed by atoms with E-state index in [0.717, 1.165) is 43.4 Å². The van der Waals surface area contributed by atoms with E-state index < -0.39 is 0 Å². The number of carbonyl (C=O) groups excluding carboxylic acids is 1. The molecule has 0 amide bonds. The van der Waals surface area contributed by atoms with Gasteiger partial charge in [0, 0.05) is 43.2 Å². The third-order valence-corrected chi connectivity index (χ3v) is 10.6. The molecule has 5 rings (SSSR count). The molecule has 1 radical (unpaired) electrons. The molecule has 1 aromatic heterocycles. The van der Waals surface area contributed by atoms with E-state index in [0.29, 0.717) is 5.92 Å². The van der Waals surface area contributed by atoms with Crippen LogP contribution in [0.1, 0.15) is 112 Å². The molecule has 0 fully saturated rings. The molecule has 46 heavy (non-hydrogen) atoms. The number of ketones is 1. The van der Waals surface area contributed by atoms with Crippen molar-refractivity contribution >= 4 is 27.3 Å². The van der Waals surface area contributed by atoms with Crippen molar-refractivity contribution in [2.24, 2.45) is 16.7 Å². The Hall–Kier alpha value is -2.81. The summed E-state index contributed by atoms with van der Waals surface area (Å²) in [7, 11) is 0. The monoisotopic (exact) mass is 798 g/mol. The second-order valence-corrected chi connectivity index (χ2v) is 14.2. The van der Waals surface area contributed by atoms with Crippen molar-refractivity contribution < 1.29 is 30.0 Å². The molecule has 3 nitrogen and oxygen atoms in total. The zero-order valence-corrected chi connectivity index (χ0v) is 32.4. The Morgan fingerprint density at radius 3 is 2.15 bits per heavy atom. The number of hydrogen-bond donors (Lipinski definition) is 1. The van der Waals surface area contributed by atoms with E-state index in [9.17, 15) is 9.90 Å². The van der Waals surface area contributed by atoms with Gasteiger partial charge >= 0.3 is 0 Å². The SMILES string of the molecule is CC(C)Cc1cc2c3c(nccc3c1)-c1[c-]cc3ccccc3c1C2(C)C.CCC(C)(CC)C(=O)/C=C(\O)C(C)(CC)CC.[CH3-].[Ir]. The maximum Gasteiger partial charge on any atom is 0.164 e. The van der Waals surface area contributed by atoms with Gasteiger partial charge in [0.15, 0.2) is 5.78 Å². The smallest absolute Gasteiger partial charge is 0.164 e. The molecule has 1 aliphatic rings. The van der Waals surface area contributed by atoms with Crippen molar-refractivity contribution in [3.8, 4) is 11.3 Å².